The molecular weight excluding hydrogens is 358 g/mol. The van der Waals surface area contributed by atoms with E-state index in [1.54, 1.807) is 0 Å². The zero-order chi connectivity index (χ0) is 20.1. The van der Waals surface area contributed by atoms with Crippen LogP contribution in [0.2, 0.25) is 0 Å². The van der Waals surface area contributed by atoms with E-state index < -0.39 is 0 Å². The largest absolute Gasteiger partial charge is 0.368 e. The van der Waals surface area contributed by atoms with Crippen molar-refractivity contribution in [2.45, 2.75) is 6.92 Å². The Balaban J connectivity index is 1.55. The fourth-order valence-corrected chi connectivity index (χ4v) is 3.60. The van der Waals surface area contributed by atoms with Crippen LogP contribution in [0, 0.1) is 6.92 Å². The lowest BCUT2D eigenvalue weighted by Gasteiger charge is -2.37. The van der Waals surface area contributed by atoms with Crippen LogP contribution in [0.3, 0.4) is 0 Å². The first-order valence-electron chi connectivity index (χ1n) is 10.1. The Kier molecular flexibility index (Phi) is 5.75. The summed E-state index contributed by atoms with van der Waals surface area (Å²) in [5.41, 5.74) is 3.62. The molecule has 0 bridgehead atoms. The number of aryl methyl sites for hydroxylation is 1. The molecule has 5 nitrogen and oxygen atoms in total. The SMILES string of the molecule is C=CCNc1cc(N2CCN(c3cccc(C)c3)CC2)nc(-c2ccccc2)n1. The number of piperazine rings is 1. The maximum absolute atomic E-state index is 4.88. The summed E-state index contributed by atoms with van der Waals surface area (Å²) in [4.78, 5) is 14.4. The molecular formula is C24H27N5. The lowest BCUT2D eigenvalue weighted by atomic mass is 10.2. The van der Waals surface area contributed by atoms with E-state index in [4.69, 9.17) is 9.97 Å². The highest BCUT2D eigenvalue weighted by atomic mass is 15.3. The van der Waals surface area contributed by atoms with E-state index in [2.05, 4.69) is 52.9 Å². The number of hydrogen-bond donors (Lipinski definition) is 1. The Morgan fingerprint density at radius 3 is 2.41 bits per heavy atom. The van der Waals surface area contributed by atoms with E-state index in [-0.39, 0.29) is 0 Å². The average Bonchev–Trinajstić information content (AvgIpc) is 2.78. The highest BCUT2D eigenvalue weighted by molar-refractivity contribution is 5.62. The molecule has 5 heteroatoms. The molecule has 1 aromatic heterocycles. The van der Waals surface area contributed by atoms with Crippen molar-refractivity contribution in [2.24, 2.45) is 0 Å². The highest BCUT2D eigenvalue weighted by Crippen LogP contribution is 2.25. The summed E-state index contributed by atoms with van der Waals surface area (Å²) in [5.74, 6) is 2.54. The van der Waals surface area contributed by atoms with Crippen LogP contribution in [0.15, 0.2) is 73.3 Å². The van der Waals surface area contributed by atoms with Crippen molar-refractivity contribution in [3.05, 3.63) is 78.9 Å². The Labute approximate surface area is 172 Å². The lowest BCUT2D eigenvalue weighted by Crippen LogP contribution is -2.46. The number of aromatic nitrogens is 2. The van der Waals surface area contributed by atoms with E-state index in [9.17, 15) is 0 Å². The van der Waals surface area contributed by atoms with Gasteiger partial charge in [-0.2, -0.15) is 0 Å². The number of benzene rings is 2. The molecule has 1 aliphatic rings. The van der Waals surface area contributed by atoms with Gasteiger partial charge in [-0.3, -0.25) is 0 Å². The zero-order valence-corrected chi connectivity index (χ0v) is 16.9. The van der Waals surface area contributed by atoms with E-state index in [0.29, 0.717) is 6.54 Å². The van der Waals surface area contributed by atoms with Crippen LogP contribution in [0.25, 0.3) is 11.4 Å². The Bertz CT molecular complexity index is 962. The van der Waals surface area contributed by atoms with Crippen LogP contribution in [0.1, 0.15) is 5.56 Å². The average molecular weight is 386 g/mol. The molecule has 0 radical (unpaired) electrons. The van der Waals surface area contributed by atoms with Crippen LogP contribution in [-0.4, -0.2) is 42.7 Å². The second-order valence-corrected chi connectivity index (χ2v) is 7.28. The van der Waals surface area contributed by atoms with E-state index in [1.165, 1.54) is 11.3 Å². The third-order valence-electron chi connectivity index (χ3n) is 5.14. The molecule has 4 rings (SSSR count). The normalized spacial score (nSPS) is 14.0. The van der Waals surface area contributed by atoms with Gasteiger partial charge in [0.05, 0.1) is 0 Å². The molecule has 148 valence electrons. The van der Waals surface area contributed by atoms with Crippen molar-refractivity contribution >= 4 is 17.3 Å². The van der Waals surface area contributed by atoms with Gasteiger partial charge in [-0.1, -0.05) is 48.5 Å². The molecule has 0 aliphatic carbocycles. The van der Waals surface area contributed by atoms with Crippen molar-refractivity contribution in [1.82, 2.24) is 9.97 Å². The van der Waals surface area contributed by atoms with Gasteiger partial charge in [-0.05, 0) is 24.6 Å². The van der Waals surface area contributed by atoms with Crippen molar-refractivity contribution in [2.75, 3.05) is 47.8 Å². The van der Waals surface area contributed by atoms with Crippen LogP contribution in [-0.2, 0) is 0 Å². The van der Waals surface area contributed by atoms with Gasteiger partial charge in [0, 0.05) is 50.0 Å². The standard InChI is InChI=1S/C24H27N5/c1-3-12-25-22-18-23(27-24(26-22)20-9-5-4-6-10-20)29-15-13-28(14-16-29)21-11-7-8-19(2)17-21/h3-11,17-18H,1,12-16H2,2H3,(H,25,26,27). The summed E-state index contributed by atoms with van der Waals surface area (Å²) in [5, 5.41) is 3.32. The minimum absolute atomic E-state index is 0.672. The molecule has 0 saturated carbocycles. The molecule has 1 aliphatic heterocycles. The van der Waals surface area contributed by atoms with Gasteiger partial charge in [0.25, 0.3) is 0 Å². The van der Waals surface area contributed by atoms with Gasteiger partial charge < -0.3 is 15.1 Å². The Morgan fingerprint density at radius 1 is 0.931 bits per heavy atom. The fourth-order valence-electron chi connectivity index (χ4n) is 3.60. The second-order valence-electron chi connectivity index (χ2n) is 7.28. The molecule has 0 atom stereocenters. The van der Waals surface area contributed by atoms with Gasteiger partial charge >= 0.3 is 0 Å². The van der Waals surface area contributed by atoms with Gasteiger partial charge in [0.1, 0.15) is 11.6 Å². The second kappa shape index (κ2) is 8.78. The number of anilines is 3. The minimum atomic E-state index is 0.672. The zero-order valence-electron chi connectivity index (χ0n) is 16.9. The number of nitrogens with zero attached hydrogens (tertiary/aromatic N) is 4. The van der Waals surface area contributed by atoms with Crippen LogP contribution >= 0.6 is 0 Å². The highest BCUT2D eigenvalue weighted by Gasteiger charge is 2.20. The smallest absolute Gasteiger partial charge is 0.163 e. The van der Waals surface area contributed by atoms with Crippen molar-refractivity contribution in [1.29, 1.82) is 0 Å². The van der Waals surface area contributed by atoms with Crippen LogP contribution in [0.5, 0.6) is 0 Å². The summed E-state index contributed by atoms with van der Waals surface area (Å²) in [6.07, 6.45) is 1.84. The minimum Gasteiger partial charge on any atom is -0.368 e. The monoisotopic (exact) mass is 385 g/mol. The third kappa shape index (κ3) is 4.57. The molecule has 0 unspecified atom stereocenters. The maximum atomic E-state index is 4.88. The van der Waals surface area contributed by atoms with Gasteiger partial charge in [-0.25, -0.2) is 9.97 Å². The van der Waals surface area contributed by atoms with E-state index >= 15 is 0 Å². The summed E-state index contributed by atoms with van der Waals surface area (Å²) in [6.45, 7) is 10.4. The number of nitrogens with one attached hydrogen (secondary N) is 1. The van der Waals surface area contributed by atoms with Crippen LogP contribution < -0.4 is 15.1 Å². The maximum Gasteiger partial charge on any atom is 0.163 e. The first kappa shape index (κ1) is 19.0. The molecule has 0 spiro atoms. The third-order valence-corrected chi connectivity index (χ3v) is 5.14. The topological polar surface area (TPSA) is 44.3 Å². The first-order valence-corrected chi connectivity index (χ1v) is 10.1. The quantitative estimate of drug-likeness (QED) is 0.638. The van der Waals surface area contributed by atoms with Gasteiger partial charge in [0.15, 0.2) is 5.82 Å². The molecule has 29 heavy (non-hydrogen) atoms. The summed E-state index contributed by atoms with van der Waals surface area (Å²) < 4.78 is 0. The van der Waals surface area contributed by atoms with Gasteiger partial charge in [-0.15, -0.1) is 6.58 Å². The molecule has 1 N–H and O–H groups in total. The summed E-state index contributed by atoms with van der Waals surface area (Å²) >= 11 is 0. The molecule has 2 heterocycles. The van der Waals surface area contributed by atoms with Crippen molar-refractivity contribution in [3.63, 3.8) is 0 Å². The summed E-state index contributed by atoms with van der Waals surface area (Å²) in [7, 11) is 0. The molecule has 1 saturated heterocycles. The van der Waals surface area contributed by atoms with Crippen molar-refractivity contribution < 1.29 is 0 Å². The molecule has 2 aromatic carbocycles. The molecule has 0 amide bonds. The summed E-state index contributed by atoms with van der Waals surface area (Å²) in [6, 6.07) is 20.9. The number of rotatable bonds is 6. The molecule has 3 aromatic rings. The van der Waals surface area contributed by atoms with Crippen molar-refractivity contribution in [3.8, 4) is 11.4 Å². The molecule has 1 fully saturated rings. The first-order chi connectivity index (χ1) is 14.2. The van der Waals surface area contributed by atoms with Crippen LogP contribution in [0.4, 0.5) is 17.3 Å². The number of hydrogen-bond acceptors (Lipinski definition) is 5. The Morgan fingerprint density at radius 2 is 1.69 bits per heavy atom. The predicted octanol–water partition coefficient (Wildman–Crippen LogP) is 4.38. The lowest BCUT2D eigenvalue weighted by molar-refractivity contribution is 0.647. The Hall–Kier alpha value is -3.34. The van der Waals surface area contributed by atoms with E-state index in [0.717, 1.165) is 49.2 Å². The van der Waals surface area contributed by atoms with E-state index in [1.807, 2.05) is 42.5 Å². The fraction of sp³-hybridized carbons (Fsp3) is 0.250. The van der Waals surface area contributed by atoms with Gasteiger partial charge in [0.2, 0.25) is 0 Å². The predicted molar refractivity (Wildman–Crippen MR) is 122 cm³/mol.